The normalized spacial score (nSPS) is 21.0. The van der Waals surface area contributed by atoms with Crippen LogP contribution in [0.25, 0.3) is 0 Å². The van der Waals surface area contributed by atoms with Gasteiger partial charge in [-0.25, -0.2) is 4.98 Å². The molecule has 1 heterocycles. The van der Waals surface area contributed by atoms with Crippen molar-refractivity contribution in [1.29, 1.82) is 0 Å². The maximum Gasteiger partial charge on any atom is 0.251 e. The van der Waals surface area contributed by atoms with E-state index in [0.29, 0.717) is 24.5 Å². The van der Waals surface area contributed by atoms with Crippen LogP contribution in [0.15, 0.2) is 35.1 Å². The van der Waals surface area contributed by atoms with E-state index in [4.69, 9.17) is 0 Å². The zero-order valence-corrected chi connectivity index (χ0v) is 15.3. The molecule has 0 spiro atoms. The Morgan fingerprint density at radius 3 is 2.44 bits per heavy atom. The number of nitrogens with one attached hydrogen (secondary N) is 2. The highest BCUT2D eigenvalue weighted by atomic mass is 16.2. The van der Waals surface area contributed by atoms with Gasteiger partial charge in [-0.15, -0.1) is 0 Å². The fourth-order valence-corrected chi connectivity index (χ4v) is 3.67. The molecule has 25 heavy (non-hydrogen) atoms. The zero-order chi connectivity index (χ0) is 18.2. The van der Waals surface area contributed by atoms with Crippen LogP contribution in [-0.2, 0) is 16.6 Å². The Hall–Kier alpha value is -2.43. The second-order valence-electron chi connectivity index (χ2n) is 7.67. The third-order valence-electron chi connectivity index (χ3n) is 5.24. The van der Waals surface area contributed by atoms with Crippen LogP contribution in [-0.4, -0.2) is 22.4 Å². The van der Waals surface area contributed by atoms with E-state index >= 15 is 0 Å². The highest BCUT2D eigenvalue weighted by molar-refractivity contribution is 5.93. The first-order valence-corrected chi connectivity index (χ1v) is 8.67. The predicted octanol–water partition coefficient (Wildman–Crippen LogP) is 2.41. The Morgan fingerprint density at radius 2 is 1.88 bits per heavy atom. The number of hydrogen-bond acceptors (Lipinski definition) is 3. The molecule has 1 aliphatic carbocycles. The van der Waals surface area contributed by atoms with E-state index in [1.54, 1.807) is 6.92 Å². The fourth-order valence-electron chi connectivity index (χ4n) is 3.67. The summed E-state index contributed by atoms with van der Waals surface area (Å²) >= 11 is 0. The number of nitrogens with zero attached hydrogens (tertiary/aromatic N) is 1. The lowest BCUT2D eigenvalue weighted by atomic mass is 9.86. The third kappa shape index (κ3) is 3.23. The van der Waals surface area contributed by atoms with Crippen molar-refractivity contribution in [1.82, 2.24) is 15.3 Å². The summed E-state index contributed by atoms with van der Waals surface area (Å²) in [5.41, 5.74) is 2.27. The number of carbonyl (C=O) groups excluding carboxylic acids is 1. The lowest BCUT2D eigenvalue weighted by Gasteiger charge is -2.21. The summed E-state index contributed by atoms with van der Waals surface area (Å²) in [7, 11) is 0. The van der Waals surface area contributed by atoms with Crippen LogP contribution >= 0.6 is 0 Å². The lowest BCUT2D eigenvalue weighted by molar-refractivity contribution is -0.124. The van der Waals surface area contributed by atoms with Gasteiger partial charge in [0.15, 0.2) is 0 Å². The molecule has 5 nitrogen and oxygen atoms in total. The van der Waals surface area contributed by atoms with Crippen LogP contribution in [0.4, 0.5) is 0 Å². The molecule has 0 unspecified atom stereocenters. The third-order valence-corrected chi connectivity index (χ3v) is 5.24. The molecule has 1 aliphatic rings. The summed E-state index contributed by atoms with van der Waals surface area (Å²) in [6.45, 7) is 8.55. The van der Waals surface area contributed by atoms with E-state index in [2.05, 4.69) is 53.4 Å². The molecule has 0 saturated heterocycles. The van der Waals surface area contributed by atoms with Crippen molar-refractivity contribution in [3.8, 4) is 0 Å². The molecule has 2 aromatic rings. The molecule has 2 N–H and O–H groups in total. The molecule has 1 atom stereocenters. The summed E-state index contributed by atoms with van der Waals surface area (Å²) in [5, 5.41) is 3.04. The van der Waals surface area contributed by atoms with Gasteiger partial charge in [-0.1, -0.05) is 43.7 Å². The van der Waals surface area contributed by atoms with Crippen molar-refractivity contribution in [2.75, 3.05) is 6.54 Å². The summed E-state index contributed by atoms with van der Waals surface area (Å²) in [5.74, 6) is 0.654. The molecule has 1 aromatic carbocycles. The van der Waals surface area contributed by atoms with Gasteiger partial charge < -0.3 is 10.3 Å². The first-order valence-electron chi connectivity index (χ1n) is 8.67. The van der Waals surface area contributed by atoms with E-state index in [1.807, 2.05) is 6.92 Å². The van der Waals surface area contributed by atoms with Crippen molar-refractivity contribution in [2.45, 2.75) is 46.0 Å². The van der Waals surface area contributed by atoms with E-state index in [9.17, 15) is 9.59 Å². The molecule has 0 bridgehead atoms. The monoisotopic (exact) mass is 339 g/mol. The summed E-state index contributed by atoms with van der Waals surface area (Å²) < 4.78 is 0. The summed E-state index contributed by atoms with van der Waals surface area (Å²) in [4.78, 5) is 31.5. The zero-order valence-electron chi connectivity index (χ0n) is 15.3. The van der Waals surface area contributed by atoms with E-state index < -0.39 is 5.41 Å². The van der Waals surface area contributed by atoms with Crippen LogP contribution in [0, 0.1) is 19.3 Å². The number of carbonyl (C=O) groups is 1. The number of H-pyrrole nitrogens is 1. The quantitative estimate of drug-likeness (QED) is 0.878. The molecule has 0 radical (unpaired) electrons. The van der Waals surface area contributed by atoms with E-state index in [0.717, 1.165) is 12.0 Å². The Morgan fingerprint density at radius 1 is 1.24 bits per heavy atom. The molecule has 3 rings (SSSR count). The minimum Gasteiger partial charge on any atom is -0.355 e. The van der Waals surface area contributed by atoms with Gasteiger partial charge in [-0.2, -0.15) is 0 Å². The first kappa shape index (κ1) is 17.4. The van der Waals surface area contributed by atoms with Crippen molar-refractivity contribution >= 4 is 5.91 Å². The number of hydrogen-bond donors (Lipinski definition) is 2. The van der Waals surface area contributed by atoms with Crippen LogP contribution < -0.4 is 10.9 Å². The second-order valence-corrected chi connectivity index (χ2v) is 7.67. The number of aryl methyl sites for hydroxylation is 2. The molecule has 1 fully saturated rings. The van der Waals surface area contributed by atoms with Crippen molar-refractivity contribution < 1.29 is 4.79 Å². The highest BCUT2D eigenvalue weighted by Gasteiger charge is 2.66. The average Bonchev–Trinajstić information content (AvgIpc) is 3.11. The first-order chi connectivity index (χ1) is 11.7. The number of benzene rings is 1. The van der Waals surface area contributed by atoms with Gasteiger partial charge in [0.05, 0.1) is 5.41 Å². The molecule has 132 valence electrons. The smallest absolute Gasteiger partial charge is 0.251 e. The van der Waals surface area contributed by atoms with Crippen molar-refractivity contribution in [3.63, 3.8) is 0 Å². The molecular weight excluding hydrogens is 314 g/mol. The minimum absolute atomic E-state index is 0.0522. The van der Waals surface area contributed by atoms with Gasteiger partial charge in [-0.3, -0.25) is 9.59 Å². The lowest BCUT2D eigenvalue weighted by Crippen LogP contribution is -2.39. The Balaban J connectivity index is 1.70. The van der Waals surface area contributed by atoms with E-state index in [1.165, 1.54) is 11.6 Å². The topological polar surface area (TPSA) is 74.8 Å². The molecule has 5 heteroatoms. The second kappa shape index (κ2) is 6.14. The Bertz CT molecular complexity index is 852. The van der Waals surface area contributed by atoms with E-state index in [-0.39, 0.29) is 16.9 Å². The Labute approximate surface area is 147 Å². The molecule has 1 amide bonds. The summed E-state index contributed by atoms with van der Waals surface area (Å²) in [6.07, 6.45) is 1.35. The SMILES string of the molecule is Cc1ccc([C@@]2(C(=O)NCCc3nc(C)cc(=O)[nH]3)CC2(C)C)cc1. The standard InChI is InChI=1S/C20H25N3O2/c1-13-5-7-15(8-6-13)20(12-19(20,3)4)18(25)21-10-9-16-22-14(2)11-17(24)23-16/h5-8,11H,9-10,12H2,1-4H3,(H,21,25)(H,22,23,24)/t20-/m1/s1. The maximum atomic E-state index is 12.9. The minimum atomic E-state index is -0.464. The van der Waals surface area contributed by atoms with Crippen LogP contribution in [0.5, 0.6) is 0 Å². The van der Waals surface area contributed by atoms with Crippen LogP contribution in [0.3, 0.4) is 0 Å². The number of aromatic amines is 1. The maximum absolute atomic E-state index is 12.9. The van der Waals surface area contributed by atoms with Gasteiger partial charge in [0.25, 0.3) is 5.56 Å². The highest BCUT2D eigenvalue weighted by Crippen LogP contribution is 2.64. The van der Waals surface area contributed by atoms with Gasteiger partial charge in [0, 0.05) is 24.7 Å². The van der Waals surface area contributed by atoms with Crippen LogP contribution in [0.1, 0.15) is 42.9 Å². The van der Waals surface area contributed by atoms with Gasteiger partial charge >= 0.3 is 0 Å². The number of aromatic nitrogens is 2. The van der Waals surface area contributed by atoms with Gasteiger partial charge in [0.2, 0.25) is 5.91 Å². The summed E-state index contributed by atoms with van der Waals surface area (Å²) in [6, 6.07) is 9.69. The van der Waals surface area contributed by atoms with Crippen LogP contribution in [0.2, 0.25) is 0 Å². The molecule has 1 saturated carbocycles. The largest absolute Gasteiger partial charge is 0.355 e. The Kier molecular flexibility index (Phi) is 4.27. The average molecular weight is 339 g/mol. The number of amides is 1. The molecule has 0 aliphatic heterocycles. The van der Waals surface area contributed by atoms with Gasteiger partial charge in [0.1, 0.15) is 5.82 Å². The predicted molar refractivity (Wildman–Crippen MR) is 97.6 cm³/mol. The fraction of sp³-hybridized carbons (Fsp3) is 0.450. The molecule has 1 aromatic heterocycles. The van der Waals surface area contributed by atoms with Gasteiger partial charge in [-0.05, 0) is 31.2 Å². The van der Waals surface area contributed by atoms with Crippen molar-refractivity contribution in [3.05, 3.63) is 63.3 Å². The molecular formula is C20H25N3O2. The number of rotatable bonds is 5. The van der Waals surface area contributed by atoms with Crippen molar-refractivity contribution in [2.24, 2.45) is 5.41 Å².